The van der Waals surface area contributed by atoms with E-state index in [-0.39, 0.29) is 24.8 Å². The molecule has 3 aromatic rings. The van der Waals surface area contributed by atoms with Crippen LogP contribution in [-0.2, 0) is 29.0 Å². The molecule has 0 aliphatic rings. The molecule has 3 rings (SSSR count). The summed E-state index contributed by atoms with van der Waals surface area (Å²) in [7, 11) is 0. The van der Waals surface area contributed by atoms with Crippen LogP contribution in [0, 0.1) is 0 Å². The molecule has 1 atom stereocenters. The monoisotopic (exact) mass is 502 g/mol. The lowest BCUT2D eigenvalue weighted by Crippen LogP contribution is -2.51. The van der Waals surface area contributed by atoms with Gasteiger partial charge in [-0.2, -0.15) is 0 Å². The lowest BCUT2D eigenvalue weighted by atomic mass is 10.0. The summed E-state index contributed by atoms with van der Waals surface area (Å²) >= 11 is 19.1. The molecular formula is C26H25Cl3N2O2. The van der Waals surface area contributed by atoms with Crippen molar-refractivity contribution in [3.63, 3.8) is 0 Å². The topological polar surface area (TPSA) is 49.4 Å². The van der Waals surface area contributed by atoms with Crippen molar-refractivity contribution < 1.29 is 9.59 Å². The predicted octanol–water partition coefficient (Wildman–Crippen LogP) is 5.97. The van der Waals surface area contributed by atoms with Gasteiger partial charge in [-0.3, -0.25) is 9.59 Å². The van der Waals surface area contributed by atoms with Gasteiger partial charge in [-0.05, 0) is 41.8 Å². The average molecular weight is 504 g/mol. The zero-order chi connectivity index (χ0) is 23.8. The molecule has 0 heterocycles. The minimum Gasteiger partial charge on any atom is -0.355 e. The molecule has 0 aliphatic heterocycles. The summed E-state index contributed by atoms with van der Waals surface area (Å²) in [6.07, 6.45) is 0.326. The molecule has 0 aliphatic carbocycles. The van der Waals surface area contributed by atoms with E-state index in [0.717, 1.165) is 11.1 Å². The fourth-order valence-corrected chi connectivity index (χ4v) is 4.34. The van der Waals surface area contributed by atoms with Gasteiger partial charge in [0, 0.05) is 34.6 Å². The Bertz CT molecular complexity index is 1090. The van der Waals surface area contributed by atoms with E-state index in [9.17, 15) is 9.59 Å². The highest BCUT2D eigenvalue weighted by Crippen LogP contribution is 2.27. The number of hydrogen-bond acceptors (Lipinski definition) is 2. The van der Waals surface area contributed by atoms with Gasteiger partial charge in [-0.15, -0.1) is 0 Å². The summed E-state index contributed by atoms with van der Waals surface area (Å²) in [6.45, 7) is 2.48. The number of nitrogens with one attached hydrogen (secondary N) is 1. The normalized spacial score (nSPS) is 11.6. The number of carbonyl (C=O) groups is 2. The van der Waals surface area contributed by atoms with Crippen LogP contribution in [0.2, 0.25) is 15.1 Å². The zero-order valence-corrected chi connectivity index (χ0v) is 20.5. The van der Waals surface area contributed by atoms with Gasteiger partial charge < -0.3 is 10.2 Å². The first kappa shape index (κ1) is 25.1. The first-order valence-corrected chi connectivity index (χ1v) is 11.8. The van der Waals surface area contributed by atoms with E-state index in [2.05, 4.69) is 5.32 Å². The van der Waals surface area contributed by atoms with Gasteiger partial charge in [0.2, 0.25) is 11.8 Å². The van der Waals surface area contributed by atoms with Gasteiger partial charge in [-0.25, -0.2) is 0 Å². The highest BCUT2D eigenvalue weighted by molar-refractivity contribution is 6.36. The van der Waals surface area contributed by atoms with E-state index in [1.807, 2.05) is 55.5 Å². The maximum Gasteiger partial charge on any atom is 0.243 e. The van der Waals surface area contributed by atoms with Crippen LogP contribution in [0.25, 0.3) is 0 Å². The minimum absolute atomic E-state index is 0.0341. The molecule has 0 unspecified atom stereocenters. The highest BCUT2D eigenvalue weighted by atomic mass is 35.5. The first-order chi connectivity index (χ1) is 15.9. The minimum atomic E-state index is -0.739. The van der Waals surface area contributed by atoms with E-state index in [4.69, 9.17) is 34.8 Å². The molecule has 0 fully saturated rings. The Labute approximate surface area is 209 Å². The van der Waals surface area contributed by atoms with Crippen LogP contribution in [0.5, 0.6) is 0 Å². The van der Waals surface area contributed by atoms with Crippen molar-refractivity contribution in [3.8, 4) is 0 Å². The van der Waals surface area contributed by atoms with Crippen molar-refractivity contribution in [1.82, 2.24) is 10.2 Å². The van der Waals surface area contributed by atoms with Crippen molar-refractivity contribution in [2.24, 2.45) is 0 Å². The molecule has 33 heavy (non-hydrogen) atoms. The second-order valence-corrected chi connectivity index (χ2v) is 8.81. The van der Waals surface area contributed by atoms with Crippen LogP contribution in [0.4, 0.5) is 0 Å². The van der Waals surface area contributed by atoms with Gasteiger partial charge in [0.1, 0.15) is 6.04 Å². The Balaban J connectivity index is 2.01. The quantitative estimate of drug-likeness (QED) is 0.391. The maximum absolute atomic E-state index is 13.7. The number of rotatable bonds is 9. The van der Waals surface area contributed by atoms with Crippen LogP contribution >= 0.6 is 34.8 Å². The standard InChI is InChI=1S/C26H25Cl3N2O2/c1-2-30-26(33)24(15-18-9-4-3-5-10-18)31(17-19-11-6-7-12-21(19)27)25(32)16-20-22(28)13-8-14-23(20)29/h3-14,24H,2,15-17H2,1H3,(H,30,33)/t24-/m0/s1. The zero-order valence-electron chi connectivity index (χ0n) is 18.2. The van der Waals surface area contributed by atoms with E-state index in [1.165, 1.54) is 0 Å². The smallest absolute Gasteiger partial charge is 0.243 e. The van der Waals surface area contributed by atoms with Gasteiger partial charge in [0.15, 0.2) is 0 Å². The lowest BCUT2D eigenvalue weighted by Gasteiger charge is -2.32. The van der Waals surface area contributed by atoms with Gasteiger partial charge in [0.25, 0.3) is 0 Å². The van der Waals surface area contributed by atoms with Crippen LogP contribution in [0.15, 0.2) is 72.8 Å². The second kappa shape index (κ2) is 12.1. The Kier molecular flexibility index (Phi) is 9.19. The largest absolute Gasteiger partial charge is 0.355 e. The third-order valence-electron chi connectivity index (χ3n) is 5.31. The number of carbonyl (C=O) groups excluding carboxylic acids is 2. The SMILES string of the molecule is CCNC(=O)[C@H](Cc1ccccc1)N(Cc1ccccc1Cl)C(=O)Cc1c(Cl)cccc1Cl. The molecule has 0 saturated heterocycles. The lowest BCUT2D eigenvalue weighted by molar-refractivity contribution is -0.140. The second-order valence-electron chi connectivity index (χ2n) is 7.59. The molecule has 7 heteroatoms. The first-order valence-electron chi connectivity index (χ1n) is 10.7. The Morgan fingerprint density at radius 3 is 2.09 bits per heavy atom. The predicted molar refractivity (Wildman–Crippen MR) is 135 cm³/mol. The Morgan fingerprint density at radius 2 is 1.45 bits per heavy atom. The van der Waals surface area contributed by atoms with Crippen LogP contribution in [0.3, 0.4) is 0 Å². The fraction of sp³-hybridized carbons (Fsp3) is 0.231. The van der Waals surface area contributed by atoms with Crippen LogP contribution in [-0.4, -0.2) is 29.3 Å². The highest BCUT2D eigenvalue weighted by Gasteiger charge is 2.31. The van der Waals surface area contributed by atoms with Crippen molar-refractivity contribution in [2.75, 3.05) is 6.54 Å². The molecule has 1 N–H and O–H groups in total. The van der Waals surface area contributed by atoms with Crippen LogP contribution < -0.4 is 5.32 Å². The van der Waals surface area contributed by atoms with E-state index in [1.54, 1.807) is 29.2 Å². The molecule has 172 valence electrons. The van der Waals surface area contributed by atoms with Crippen LogP contribution in [0.1, 0.15) is 23.6 Å². The molecule has 0 radical (unpaired) electrons. The molecule has 4 nitrogen and oxygen atoms in total. The van der Waals surface area contributed by atoms with E-state index >= 15 is 0 Å². The molecule has 0 saturated carbocycles. The Hall–Kier alpha value is -2.53. The van der Waals surface area contributed by atoms with Crippen molar-refractivity contribution in [3.05, 3.63) is 105 Å². The number of hydrogen-bond donors (Lipinski definition) is 1. The number of halogens is 3. The molecule has 0 aromatic heterocycles. The number of likely N-dealkylation sites (N-methyl/N-ethyl adjacent to an activating group) is 1. The molecule has 0 spiro atoms. The summed E-state index contributed by atoms with van der Waals surface area (Å²) in [4.78, 5) is 28.4. The third kappa shape index (κ3) is 6.73. The van der Waals surface area contributed by atoms with Crippen molar-refractivity contribution in [1.29, 1.82) is 0 Å². The van der Waals surface area contributed by atoms with Gasteiger partial charge >= 0.3 is 0 Å². The number of amides is 2. The Morgan fingerprint density at radius 1 is 0.848 bits per heavy atom. The average Bonchev–Trinajstić information content (AvgIpc) is 2.80. The van der Waals surface area contributed by atoms with Gasteiger partial charge in [-0.1, -0.05) is 89.4 Å². The molecule has 2 amide bonds. The van der Waals surface area contributed by atoms with Crippen molar-refractivity contribution in [2.45, 2.75) is 32.4 Å². The summed E-state index contributed by atoms with van der Waals surface area (Å²) in [5.41, 5.74) is 2.23. The maximum atomic E-state index is 13.7. The fourth-order valence-electron chi connectivity index (χ4n) is 3.61. The van der Waals surface area contributed by atoms with E-state index in [0.29, 0.717) is 33.6 Å². The van der Waals surface area contributed by atoms with Gasteiger partial charge in [0.05, 0.1) is 6.42 Å². The van der Waals surface area contributed by atoms with E-state index < -0.39 is 6.04 Å². The third-order valence-corrected chi connectivity index (χ3v) is 6.39. The summed E-state index contributed by atoms with van der Waals surface area (Å²) in [5.74, 6) is -0.496. The molecule has 0 bridgehead atoms. The molecular weight excluding hydrogens is 479 g/mol. The number of nitrogens with zero attached hydrogens (tertiary/aromatic N) is 1. The van der Waals surface area contributed by atoms with Crippen molar-refractivity contribution >= 4 is 46.6 Å². The summed E-state index contributed by atoms with van der Waals surface area (Å²) in [6, 6.07) is 21.3. The molecule has 3 aromatic carbocycles. The summed E-state index contributed by atoms with van der Waals surface area (Å²) < 4.78 is 0. The summed E-state index contributed by atoms with van der Waals surface area (Å²) in [5, 5.41) is 4.22. The number of benzene rings is 3.